The van der Waals surface area contributed by atoms with Gasteiger partial charge in [-0.05, 0) is 79.8 Å². The molecular weight excluding hydrogens is 1130 g/mol. The van der Waals surface area contributed by atoms with Crippen LogP contribution in [-0.4, -0.2) is 115 Å². The fourth-order valence-electron chi connectivity index (χ4n) is 9.73. The Morgan fingerprint density at radius 3 is 2.07 bits per heavy atom. The van der Waals surface area contributed by atoms with Crippen LogP contribution in [0.1, 0.15) is 89.6 Å². The predicted molar refractivity (Wildman–Crippen MR) is 315 cm³/mol. The first-order valence-corrected chi connectivity index (χ1v) is 31.1. The Morgan fingerprint density at radius 2 is 1.49 bits per heavy atom. The number of carbonyl (C=O) groups is 1. The molecule has 22 nitrogen and oxygen atoms in total. The Balaban J connectivity index is 1.46. The molecule has 1 aliphatic rings. The molecule has 1 aromatic heterocycles. The molecule has 0 bridgehead atoms. The summed E-state index contributed by atoms with van der Waals surface area (Å²) in [5.41, 5.74) is -0.986. The van der Waals surface area contributed by atoms with Gasteiger partial charge in [-0.1, -0.05) is 103 Å². The highest BCUT2D eigenvalue weighted by molar-refractivity contribution is 7.90. The number of amides is 1. The summed E-state index contributed by atoms with van der Waals surface area (Å²) in [6.45, 7) is 8.15. The highest BCUT2D eigenvalue weighted by Gasteiger charge is 2.55. The number of aromatic nitrogens is 2. The number of aromatic amines is 1. The number of carbonyl (C=O) groups excluding carboxylic acids is 1. The molecule has 1 fully saturated rings. The van der Waals surface area contributed by atoms with E-state index in [-0.39, 0.29) is 42.2 Å². The minimum Gasteiger partial charge on any atom is -0.760 e. The number of ether oxygens (including phenoxy) is 5. The second kappa shape index (κ2) is 28.7. The fourth-order valence-corrected chi connectivity index (χ4v) is 13.6. The van der Waals surface area contributed by atoms with Crippen molar-refractivity contribution in [1.29, 1.82) is 0 Å². The SMILES string of the molecule is CCCCCC(NS(=O)[O-])N(C(=O)O[C@@H]1[C@H](OP(=O)(NC(C)C)OCCC#[N+]C(C)C)[C@@H](COC(c2ccccc2)(c2ccc(OC)cc2)c2ccc(OC)cc2)O[C@H]1n1ccc(=O)[nH]c1=O)S(=O)(=O)c1cccc2c(N(C)C)cccc12. The van der Waals surface area contributed by atoms with Crippen LogP contribution in [0, 0.1) is 6.07 Å². The topological polar surface area (TPSA) is 263 Å². The monoisotopic (exact) mass is 1200 g/mol. The highest BCUT2D eigenvalue weighted by atomic mass is 32.2. The van der Waals surface area contributed by atoms with E-state index in [9.17, 15) is 18.4 Å². The van der Waals surface area contributed by atoms with E-state index < -0.39 is 95.3 Å². The van der Waals surface area contributed by atoms with Gasteiger partial charge < -0.3 is 33.1 Å². The maximum Gasteiger partial charge on any atom is 0.425 e. The van der Waals surface area contributed by atoms with E-state index in [0.29, 0.717) is 56.4 Å². The minimum absolute atomic E-state index is 0.0562. The molecule has 0 saturated carbocycles. The maximum absolute atomic E-state index is 15.7. The third kappa shape index (κ3) is 15.3. The van der Waals surface area contributed by atoms with Gasteiger partial charge in [0.05, 0.1) is 32.3 Å². The van der Waals surface area contributed by atoms with Crippen molar-refractivity contribution in [1.82, 2.24) is 23.7 Å². The number of methoxy groups -OCH3 is 2. The Labute approximate surface area is 486 Å². The van der Waals surface area contributed by atoms with Gasteiger partial charge in [0, 0.05) is 74.0 Å². The smallest absolute Gasteiger partial charge is 0.425 e. The fraction of sp³-hybridized carbons (Fsp3) is 0.414. The average Bonchev–Trinajstić information content (AvgIpc) is 2.48. The van der Waals surface area contributed by atoms with Crippen LogP contribution >= 0.6 is 7.75 Å². The van der Waals surface area contributed by atoms with Crippen molar-refractivity contribution in [2.24, 2.45) is 0 Å². The molecule has 1 saturated heterocycles. The molecule has 0 aliphatic carbocycles. The van der Waals surface area contributed by atoms with Crippen LogP contribution in [0.4, 0.5) is 10.5 Å². The molecular formula is C58H72N7O15PS2. The Morgan fingerprint density at radius 1 is 0.867 bits per heavy atom. The predicted octanol–water partition coefficient (Wildman–Crippen LogP) is 8.80. The van der Waals surface area contributed by atoms with Crippen LogP contribution in [0.15, 0.2) is 142 Å². The third-order valence-corrected chi connectivity index (χ3v) is 17.6. The lowest BCUT2D eigenvalue weighted by Crippen LogP contribution is -2.54. The van der Waals surface area contributed by atoms with Crippen molar-refractivity contribution in [2.45, 2.75) is 120 Å². The summed E-state index contributed by atoms with van der Waals surface area (Å²) < 4.78 is 120. The summed E-state index contributed by atoms with van der Waals surface area (Å²) in [7, 11) is -3.21. The molecule has 5 aromatic carbocycles. The molecule has 0 radical (unpaired) electrons. The van der Waals surface area contributed by atoms with Crippen molar-refractivity contribution >= 4 is 51.6 Å². The number of benzene rings is 5. The Bertz CT molecular complexity index is 3480. The van der Waals surface area contributed by atoms with Crippen LogP contribution in [0.25, 0.3) is 15.6 Å². The second-order valence-electron chi connectivity index (χ2n) is 20.2. The van der Waals surface area contributed by atoms with E-state index >= 15 is 17.8 Å². The molecule has 1 amide bonds. The van der Waals surface area contributed by atoms with Crippen LogP contribution in [0.2, 0.25) is 0 Å². The van der Waals surface area contributed by atoms with E-state index in [4.69, 9.17) is 32.7 Å². The molecule has 7 rings (SSSR count). The van der Waals surface area contributed by atoms with Gasteiger partial charge in [-0.3, -0.25) is 27.6 Å². The zero-order chi connectivity index (χ0) is 60.1. The van der Waals surface area contributed by atoms with E-state index in [2.05, 4.69) is 25.7 Å². The molecule has 7 atom stereocenters. The van der Waals surface area contributed by atoms with Gasteiger partial charge in [0.2, 0.25) is 0 Å². The van der Waals surface area contributed by atoms with Crippen molar-refractivity contribution in [2.75, 3.05) is 46.4 Å². The lowest BCUT2D eigenvalue weighted by Gasteiger charge is -2.37. The molecule has 25 heteroatoms. The van der Waals surface area contributed by atoms with Crippen LogP contribution in [-0.2, 0) is 54.7 Å². The summed E-state index contributed by atoms with van der Waals surface area (Å²) in [6, 6.07) is 36.1. The first kappa shape index (κ1) is 63.8. The van der Waals surface area contributed by atoms with Gasteiger partial charge >= 0.3 is 19.5 Å². The third-order valence-electron chi connectivity index (χ3n) is 13.4. The number of H-pyrrole nitrogens is 1. The van der Waals surface area contributed by atoms with E-state index in [1.807, 2.05) is 75.4 Å². The normalized spacial score (nSPS) is 17.8. The van der Waals surface area contributed by atoms with Gasteiger partial charge in [-0.15, -0.1) is 0 Å². The van der Waals surface area contributed by atoms with E-state index in [1.165, 1.54) is 26.4 Å². The standard InChI is InChI=1S/C58H72N7O15PS2/c1-10-11-13-25-51(62-82(70)71)65(83(72,73)50-24-17-21-46-47(50)22-16-23-48(46)63(6)7)57(68)79-54-53(80-81(69,61-40(4)5)77-37-18-35-59-39(2)3)49(78-55(54)64-36-34-52(66)60-56(64)67)38-76-58(41-19-14-12-15-20-41,42-26-30-44(74-8)31-27-42)43-28-32-45(75-9)33-29-43/h12,14-17,19-24,26-34,36,39-40,49,51,53-55,62H,10-11,13,18,25,37-38H2,1-9H3,(H2-,60,61,66,67,69,70,71)/t49-,51?,53-,54-,55-,81?/m1/s1. The summed E-state index contributed by atoms with van der Waals surface area (Å²) in [5, 5.41) is 3.56. The largest absolute Gasteiger partial charge is 0.760 e. The lowest BCUT2D eigenvalue weighted by atomic mass is 9.80. The number of rotatable bonds is 27. The molecule has 2 heterocycles. The number of hydrogen-bond donors (Lipinski definition) is 3. The molecule has 446 valence electrons. The Hall–Kier alpha value is -6.75. The first-order chi connectivity index (χ1) is 39.7. The summed E-state index contributed by atoms with van der Waals surface area (Å²) in [5.74, 6) is 1.08. The van der Waals surface area contributed by atoms with Crippen molar-refractivity contribution < 1.29 is 59.3 Å². The van der Waals surface area contributed by atoms with Gasteiger partial charge in [0.15, 0.2) is 12.3 Å². The van der Waals surface area contributed by atoms with E-state index in [0.717, 1.165) is 16.8 Å². The van der Waals surface area contributed by atoms with Crippen LogP contribution < -0.4 is 35.4 Å². The second-order valence-corrected chi connectivity index (χ2v) is 24.5. The average molecular weight is 1200 g/mol. The molecule has 1 aliphatic heterocycles. The molecule has 3 unspecified atom stereocenters. The van der Waals surface area contributed by atoms with E-state index in [1.54, 1.807) is 81.4 Å². The van der Waals surface area contributed by atoms with Crippen LogP contribution in [0.3, 0.4) is 0 Å². The molecule has 6 aromatic rings. The summed E-state index contributed by atoms with van der Waals surface area (Å²) in [4.78, 5) is 50.4. The number of nitrogens with one attached hydrogen (secondary N) is 3. The molecule has 83 heavy (non-hydrogen) atoms. The van der Waals surface area contributed by atoms with Gasteiger partial charge in [0.1, 0.15) is 41.9 Å². The van der Waals surface area contributed by atoms with Crippen molar-refractivity contribution in [3.8, 4) is 17.6 Å². The maximum atomic E-state index is 15.7. The number of unbranched alkanes of at least 4 members (excludes halogenated alkanes) is 2. The van der Waals surface area contributed by atoms with Crippen molar-refractivity contribution in [3.63, 3.8) is 0 Å². The summed E-state index contributed by atoms with van der Waals surface area (Å²) >= 11 is -3.17. The quantitative estimate of drug-likeness (QED) is 0.0143. The summed E-state index contributed by atoms with van der Waals surface area (Å²) in [6.07, 6.45) is -8.39. The Kier molecular flexibility index (Phi) is 22.1. The number of anilines is 1. The zero-order valence-corrected chi connectivity index (χ0v) is 50.3. The number of hydrogen-bond acceptors (Lipinski definition) is 16. The van der Waals surface area contributed by atoms with Crippen molar-refractivity contribution in [3.05, 3.63) is 170 Å². The van der Waals surface area contributed by atoms with Gasteiger partial charge in [-0.25, -0.2) is 32.4 Å². The minimum atomic E-state index is -5.17. The first-order valence-electron chi connectivity index (χ1n) is 27.0. The number of sulfonamides is 1. The number of fused-ring (bicyclic) bond motifs is 1. The van der Waals surface area contributed by atoms with Gasteiger partial charge in [0.25, 0.3) is 27.7 Å². The number of nitrogens with zero attached hydrogens (tertiary/aromatic N) is 4. The van der Waals surface area contributed by atoms with Gasteiger partial charge in [-0.2, -0.15) is 4.31 Å². The zero-order valence-electron chi connectivity index (χ0n) is 47.8. The lowest BCUT2D eigenvalue weighted by molar-refractivity contribution is -0.0952. The highest BCUT2D eigenvalue weighted by Crippen LogP contribution is 2.51. The van der Waals surface area contributed by atoms with Crippen LogP contribution in [0.5, 0.6) is 11.5 Å². The molecule has 0 spiro atoms. The molecule has 3 N–H and O–H groups in total.